The minimum atomic E-state index is -0.311. The zero-order valence-electron chi connectivity index (χ0n) is 8.24. The first-order valence-corrected chi connectivity index (χ1v) is 4.21. The van der Waals surface area contributed by atoms with E-state index in [1.807, 2.05) is 19.9 Å². The van der Waals surface area contributed by atoms with Crippen LogP contribution in [0.4, 0.5) is 0 Å². The third-order valence-electron chi connectivity index (χ3n) is 2.06. The average Bonchev–Trinajstić information content (AvgIpc) is 2.18. The van der Waals surface area contributed by atoms with Crippen molar-refractivity contribution < 1.29 is 9.84 Å². The van der Waals surface area contributed by atoms with Gasteiger partial charge in [-0.1, -0.05) is 13.8 Å². The molecule has 0 radical (unpaired) electrons. The van der Waals surface area contributed by atoms with Gasteiger partial charge in [0.25, 0.3) is 0 Å². The Morgan fingerprint density at radius 1 is 1.54 bits per heavy atom. The molecular weight excluding hydrogens is 166 g/mol. The van der Waals surface area contributed by atoms with Crippen LogP contribution in [0, 0.1) is 0 Å². The van der Waals surface area contributed by atoms with Crippen molar-refractivity contribution in [3.63, 3.8) is 0 Å². The van der Waals surface area contributed by atoms with Crippen molar-refractivity contribution in [2.75, 3.05) is 13.7 Å². The lowest BCUT2D eigenvalue weighted by molar-refractivity contribution is 0.215. The zero-order valence-corrected chi connectivity index (χ0v) is 8.24. The van der Waals surface area contributed by atoms with Gasteiger partial charge in [0.05, 0.1) is 19.4 Å². The van der Waals surface area contributed by atoms with Crippen LogP contribution in [-0.2, 0) is 5.41 Å². The highest BCUT2D eigenvalue weighted by Crippen LogP contribution is 2.23. The lowest BCUT2D eigenvalue weighted by atomic mass is 9.90. The van der Waals surface area contributed by atoms with Gasteiger partial charge in [0.2, 0.25) is 0 Å². The highest BCUT2D eigenvalue weighted by atomic mass is 16.5. The number of methoxy groups -OCH3 is 1. The summed E-state index contributed by atoms with van der Waals surface area (Å²) in [6, 6.07) is 3.63. The Labute approximate surface area is 78.4 Å². The number of nitrogens with zero attached hydrogens (tertiary/aromatic N) is 1. The summed E-state index contributed by atoms with van der Waals surface area (Å²) in [5.41, 5.74) is 0.531. The van der Waals surface area contributed by atoms with Crippen LogP contribution in [0.25, 0.3) is 0 Å². The zero-order chi connectivity index (χ0) is 9.90. The summed E-state index contributed by atoms with van der Waals surface area (Å²) in [4.78, 5) is 4.19. The second-order valence-electron chi connectivity index (χ2n) is 3.62. The van der Waals surface area contributed by atoms with Gasteiger partial charge in [-0.2, -0.15) is 0 Å². The van der Waals surface area contributed by atoms with Crippen LogP contribution in [0.1, 0.15) is 19.5 Å². The molecule has 0 fully saturated rings. The minimum Gasteiger partial charge on any atom is -0.497 e. The van der Waals surface area contributed by atoms with Crippen molar-refractivity contribution in [1.29, 1.82) is 0 Å². The molecule has 72 valence electrons. The highest BCUT2D eigenvalue weighted by Gasteiger charge is 2.21. The largest absolute Gasteiger partial charge is 0.497 e. The Balaban J connectivity index is 3.01. The molecule has 1 heterocycles. The Morgan fingerprint density at radius 3 is 2.77 bits per heavy atom. The quantitative estimate of drug-likeness (QED) is 0.765. The van der Waals surface area contributed by atoms with Crippen LogP contribution in [0.5, 0.6) is 5.75 Å². The van der Waals surface area contributed by atoms with Crippen molar-refractivity contribution in [1.82, 2.24) is 4.98 Å². The molecule has 1 N–H and O–H groups in total. The van der Waals surface area contributed by atoms with Gasteiger partial charge in [0, 0.05) is 17.7 Å². The van der Waals surface area contributed by atoms with E-state index in [9.17, 15) is 0 Å². The summed E-state index contributed by atoms with van der Waals surface area (Å²) in [6.07, 6.45) is 1.69. The number of ether oxygens (including phenoxy) is 1. The monoisotopic (exact) mass is 181 g/mol. The van der Waals surface area contributed by atoms with E-state index in [0.717, 1.165) is 11.4 Å². The Bertz CT molecular complexity index is 284. The van der Waals surface area contributed by atoms with Crippen LogP contribution < -0.4 is 4.74 Å². The van der Waals surface area contributed by atoms with Crippen molar-refractivity contribution in [2.45, 2.75) is 19.3 Å². The first-order chi connectivity index (χ1) is 6.10. The Kier molecular flexibility index (Phi) is 2.88. The van der Waals surface area contributed by atoms with E-state index in [4.69, 9.17) is 9.84 Å². The molecular formula is C10H15NO2. The first kappa shape index (κ1) is 9.99. The maximum Gasteiger partial charge on any atom is 0.122 e. The fraction of sp³-hybridized carbons (Fsp3) is 0.500. The molecule has 1 aromatic heterocycles. The molecule has 0 unspecified atom stereocenters. The van der Waals surface area contributed by atoms with E-state index in [1.54, 1.807) is 19.4 Å². The molecule has 0 aliphatic carbocycles. The number of aliphatic hydroxyl groups excluding tert-OH is 1. The summed E-state index contributed by atoms with van der Waals surface area (Å²) >= 11 is 0. The molecule has 3 nitrogen and oxygen atoms in total. The number of aromatic nitrogens is 1. The molecule has 0 saturated carbocycles. The van der Waals surface area contributed by atoms with E-state index in [2.05, 4.69) is 4.98 Å². The molecule has 0 spiro atoms. The predicted molar refractivity (Wildman–Crippen MR) is 50.9 cm³/mol. The van der Waals surface area contributed by atoms with Gasteiger partial charge in [0.1, 0.15) is 5.75 Å². The number of hydrogen-bond acceptors (Lipinski definition) is 3. The maximum atomic E-state index is 9.13. The Morgan fingerprint density at radius 2 is 2.23 bits per heavy atom. The Hall–Kier alpha value is -1.09. The van der Waals surface area contributed by atoms with E-state index < -0.39 is 0 Å². The van der Waals surface area contributed by atoms with Crippen LogP contribution in [0.2, 0.25) is 0 Å². The molecule has 0 aliphatic heterocycles. The van der Waals surface area contributed by atoms with Gasteiger partial charge in [-0.3, -0.25) is 4.98 Å². The summed E-state index contributed by atoms with van der Waals surface area (Å²) in [5.74, 6) is 0.770. The second kappa shape index (κ2) is 3.75. The van der Waals surface area contributed by atoms with Crippen molar-refractivity contribution in [2.24, 2.45) is 0 Å². The molecule has 3 heteroatoms. The third-order valence-corrected chi connectivity index (χ3v) is 2.06. The molecule has 13 heavy (non-hydrogen) atoms. The molecule has 0 saturated heterocycles. The smallest absolute Gasteiger partial charge is 0.122 e. The maximum absolute atomic E-state index is 9.13. The fourth-order valence-corrected chi connectivity index (χ4v) is 0.989. The van der Waals surface area contributed by atoms with Crippen molar-refractivity contribution in [3.8, 4) is 5.75 Å². The van der Waals surface area contributed by atoms with E-state index >= 15 is 0 Å². The lowest BCUT2D eigenvalue weighted by Crippen LogP contribution is -2.23. The van der Waals surface area contributed by atoms with Gasteiger partial charge in [-0.05, 0) is 6.07 Å². The third kappa shape index (κ3) is 2.18. The van der Waals surface area contributed by atoms with Crippen LogP contribution in [0.3, 0.4) is 0 Å². The SMILES string of the molecule is COc1ccnc(C(C)(C)CO)c1. The summed E-state index contributed by atoms with van der Waals surface area (Å²) in [5, 5.41) is 9.13. The number of rotatable bonds is 3. The summed E-state index contributed by atoms with van der Waals surface area (Å²) in [6.45, 7) is 3.96. The standard InChI is InChI=1S/C10H15NO2/c1-10(2,7-12)9-6-8(13-3)4-5-11-9/h4-6,12H,7H2,1-3H3. The molecule has 1 rings (SSSR count). The van der Waals surface area contributed by atoms with Gasteiger partial charge < -0.3 is 9.84 Å². The molecule has 0 amide bonds. The number of aliphatic hydroxyl groups is 1. The lowest BCUT2D eigenvalue weighted by Gasteiger charge is -2.20. The topological polar surface area (TPSA) is 42.4 Å². The molecule has 1 aromatic rings. The second-order valence-corrected chi connectivity index (χ2v) is 3.62. The van der Waals surface area contributed by atoms with E-state index in [-0.39, 0.29) is 12.0 Å². The van der Waals surface area contributed by atoms with Gasteiger partial charge in [0.15, 0.2) is 0 Å². The molecule has 0 bridgehead atoms. The number of hydrogen-bond donors (Lipinski definition) is 1. The van der Waals surface area contributed by atoms with Crippen LogP contribution in [-0.4, -0.2) is 23.8 Å². The molecule has 0 aromatic carbocycles. The van der Waals surface area contributed by atoms with E-state index in [1.165, 1.54) is 0 Å². The molecule has 0 atom stereocenters. The van der Waals surface area contributed by atoms with Crippen LogP contribution >= 0.6 is 0 Å². The summed E-state index contributed by atoms with van der Waals surface area (Å²) < 4.78 is 5.07. The average molecular weight is 181 g/mol. The van der Waals surface area contributed by atoms with Crippen molar-refractivity contribution >= 4 is 0 Å². The van der Waals surface area contributed by atoms with Gasteiger partial charge in [-0.15, -0.1) is 0 Å². The van der Waals surface area contributed by atoms with Crippen LogP contribution in [0.15, 0.2) is 18.3 Å². The highest BCUT2D eigenvalue weighted by molar-refractivity contribution is 5.26. The summed E-state index contributed by atoms with van der Waals surface area (Å²) in [7, 11) is 1.62. The number of pyridine rings is 1. The predicted octanol–water partition coefficient (Wildman–Crippen LogP) is 1.36. The van der Waals surface area contributed by atoms with Crippen molar-refractivity contribution in [3.05, 3.63) is 24.0 Å². The normalized spacial score (nSPS) is 11.4. The minimum absolute atomic E-state index is 0.0766. The van der Waals surface area contributed by atoms with E-state index in [0.29, 0.717) is 0 Å². The molecule has 0 aliphatic rings. The first-order valence-electron chi connectivity index (χ1n) is 4.21. The fourth-order valence-electron chi connectivity index (χ4n) is 0.989. The van der Waals surface area contributed by atoms with Gasteiger partial charge >= 0.3 is 0 Å². The van der Waals surface area contributed by atoms with Gasteiger partial charge in [-0.25, -0.2) is 0 Å².